The molecule has 2 heterocycles. The monoisotopic (exact) mass is 403 g/mol. The number of esters is 1. The van der Waals surface area contributed by atoms with Gasteiger partial charge in [-0.3, -0.25) is 4.79 Å². The van der Waals surface area contributed by atoms with Gasteiger partial charge in [-0.15, -0.1) is 0 Å². The molecule has 2 aromatic heterocycles. The van der Waals surface area contributed by atoms with E-state index >= 15 is 0 Å². The highest BCUT2D eigenvalue weighted by Crippen LogP contribution is 2.37. The Kier molecular flexibility index (Phi) is 6.03. The third kappa shape index (κ3) is 3.64. The van der Waals surface area contributed by atoms with Crippen LogP contribution in [0.1, 0.15) is 82.1 Å². The van der Waals surface area contributed by atoms with E-state index in [-0.39, 0.29) is 11.0 Å². The number of nitrogens with one attached hydrogen (secondary N) is 1. The Morgan fingerprint density at radius 3 is 2.46 bits per heavy atom. The molecule has 0 amide bonds. The lowest BCUT2D eigenvalue weighted by atomic mass is 10.1. The second-order valence-electron chi connectivity index (χ2n) is 7.61. The molecule has 1 atom stereocenters. The number of Topliss-reactive ketones (excluding diaryl/α,β-unsaturated/α-hetero) is 1. The van der Waals surface area contributed by atoms with E-state index in [9.17, 15) is 9.59 Å². The van der Waals surface area contributed by atoms with Gasteiger partial charge in [0, 0.05) is 17.4 Å². The van der Waals surface area contributed by atoms with Crippen molar-refractivity contribution in [3.8, 4) is 0 Å². The Morgan fingerprint density at radius 2 is 1.86 bits per heavy atom. The Balaban J connectivity index is 1.86. The summed E-state index contributed by atoms with van der Waals surface area (Å²) < 4.78 is 7.17. The average molecular weight is 404 g/mol. The van der Waals surface area contributed by atoms with E-state index in [2.05, 4.69) is 16.5 Å². The van der Waals surface area contributed by atoms with Crippen LogP contribution in [-0.4, -0.2) is 38.6 Å². The lowest BCUT2D eigenvalue weighted by molar-refractivity contribution is 0.0599. The van der Waals surface area contributed by atoms with E-state index < -0.39 is 5.97 Å². The molecule has 6 nitrogen and oxygen atoms in total. The Bertz CT molecular complexity index is 907. The van der Waals surface area contributed by atoms with Gasteiger partial charge in [0.1, 0.15) is 0 Å². The van der Waals surface area contributed by atoms with Gasteiger partial charge in [-0.25, -0.2) is 9.78 Å². The van der Waals surface area contributed by atoms with Crippen LogP contribution in [0, 0.1) is 27.7 Å². The lowest BCUT2D eigenvalue weighted by Gasteiger charge is -2.18. The molecule has 0 radical (unpaired) electrons. The molecule has 1 N–H and O–H groups in total. The van der Waals surface area contributed by atoms with Gasteiger partial charge in [-0.05, 0) is 53.0 Å². The second kappa shape index (κ2) is 8.15. The van der Waals surface area contributed by atoms with E-state index in [1.807, 2.05) is 13.8 Å². The average Bonchev–Trinajstić information content (AvgIpc) is 3.34. The fourth-order valence-electron chi connectivity index (χ4n) is 4.09. The van der Waals surface area contributed by atoms with Crippen LogP contribution in [-0.2, 0) is 4.74 Å². The van der Waals surface area contributed by atoms with Gasteiger partial charge in [0.15, 0.2) is 10.9 Å². The predicted octanol–water partition coefficient (Wildman–Crippen LogP) is 4.71. The first-order chi connectivity index (χ1) is 13.3. The maximum Gasteiger partial charge on any atom is 0.339 e. The molecular weight excluding hydrogens is 374 g/mol. The number of imidazole rings is 1. The molecule has 28 heavy (non-hydrogen) atoms. The molecule has 1 fully saturated rings. The van der Waals surface area contributed by atoms with Crippen molar-refractivity contribution in [3.05, 3.63) is 33.9 Å². The number of aryl methyl sites for hydroxylation is 2. The summed E-state index contributed by atoms with van der Waals surface area (Å²) >= 11 is 1.50. The molecule has 0 aromatic carbocycles. The first-order valence-electron chi connectivity index (χ1n) is 9.80. The number of hydrogen-bond acceptors (Lipinski definition) is 5. The first-order valence-corrected chi connectivity index (χ1v) is 10.7. The Labute approximate surface area is 170 Å². The number of methoxy groups -OCH3 is 1. The summed E-state index contributed by atoms with van der Waals surface area (Å²) in [5.74, 6) is -0.453. The highest BCUT2D eigenvalue weighted by atomic mass is 32.2. The van der Waals surface area contributed by atoms with Crippen molar-refractivity contribution in [2.75, 3.05) is 7.11 Å². The summed E-state index contributed by atoms with van der Waals surface area (Å²) in [6.45, 7) is 9.61. The van der Waals surface area contributed by atoms with E-state index in [1.165, 1.54) is 50.2 Å². The number of H-pyrrole nitrogens is 1. The van der Waals surface area contributed by atoms with Crippen molar-refractivity contribution < 1.29 is 14.3 Å². The highest BCUT2D eigenvalue weighted by Gasteiger charge is 2.29. The molecule has 1 aliphatic carbocycles. The minimum Gasteiger partial charge on any atom is -0.465 e. The number of aromatic amines is 1. The van der Waals surface area contributed by atoms with Gasteiger partial charge < -0.3 is 14.3 Å². The summed E-state index contributed by atoms with van der Waals surface area (Å²) in [6, 6.07) is 0.478. The topological polar surface area (TPSA) is 77.0 Å². The van der Waals surface area contributed by atoms with Crippen LogP contribution in [0.25, 0.3) is 0 Å². The smallest absolute Gasteiger partial charge is 0.339 e. The van der Waals surface area contributed by atoms with Crippen LogP contribution in [0.4, 0.5) is 0 Å². The van der Waals surface area contributed by atoms with Crippen LogP contribution < -0.4 is 0 Å². The quantitative estimate of drug-likeness (QED) is 0.429. The normalized spacial score (nSPS) is 15.8. The van der Waals surface area contributed by atoms with Gasteiger partial charge in [-0.2, -0.15) is 0 Å². The molecular formula is C21H29N3O3S. The maximum atomic E-state index is 13.1. The van der Waals surface area contributed by atoms with E-state index in [0.717, 1.165) is 10.9 Å². The van der Waals surface area contributed by atoms with Gasteiger partial charge >= 0.3 is 5.97 Å². The van der Waals surface area contributed by atoms with E-state index in [4.69, 9.17) is 9.72 Å². The van der Waals surface area contributed by atoms with Crippen molar-refractivity contribution in [1.82, 2.24) is 14.5 Å². The third-order valence-corrected chi connectivity index (χ3v) is 6.84. The number of ketones is 1. The molecule has 0 unspecified atom stereocenters. The zero-order valence-corrected chi connectivity index (χ0v) is 18.3. The zero-order valence-electron chi connectivity index (χ0n) is 17.5. The number of aromatic nitrogens is 3. The van der Waals surface area contributed by atoms with Crippen LogP contribution in [0.5, 0.6) is 0 Å². The highest BCUT2D eigenvalue weighted by molar-refractivity contribution is 8.00. The fourth-order valence-corrected chi connectivity index (χ4v) is 5.22. The third-order valence-electron chi connectivity index (χ3n) is 5.77. The molecule has 3 rings (SSSR count). The van der Waals surface area contributed by atoms with Gasteiger partial charge in [0.05, 0.1) is 29.3 Å². The predicted molar refractivity (Wildman–Crippen MR) is 110 cm³/mol. The summed E-state index contributed by atoms with van der Waals surface area (Å²) in [5.41, 5.74) is 4.44. The molecule has 0 spiro atoms. The van der Waals surface area contributed by atoms with Crippen LogP contribution in [0.3, 0.4) is 0 Å². The van der Waals surface area contributed by atoms with Crippen LogP contribution in [0.15, 0.2) is 5.16 Å². The number of thioether (sulfide) groups is 1. The lowest BCUT2D eigenvalue weighted by Crippen LogP contribution is -2.17. The first kappa shape index (κ1) is 20.7. The van der Waals surface area contributed by atoms with Crippen molar-refractivity contribution >= 4 is 23.5 Å². The molecule has 1 aliphatic rings. The number of carbonyl (C=O) groups is 2. The van der Waals surface area contributed by atoms with Crippen molar-refractivity contribution in [3.63, 3.8) is 0 Å². The molecule has 2 aromatic rings. The molecule has 0 bridgehead atoms. The largest absolute Gasteiger partial charge is 0.465 e. The Morgan fingerprint density at radius 1 is 1.21 bits per heavy atom. The number of nitrogens with zero attached hydrogens (tertiary/aromatic N) is 2. The van der Waals surface area contributed by atoms with Gasteiger partial charge in [0.25, 0.3) is 0 Å². The fraction of sp³-hybridized carbons (Fsp3) is 0.571. The minimum absolute atomic E-state index is 0.0305. The standard InChI is InChI=1S/C21H29N3O3S/c1-11-17(20(26)27-6)13(3)22-18(11)19(25)15(5)28-21-23-12(2)14(4)24(21)16-9-7-8-10-16/h15-16,22H,7-10H2,1-6H3/t15-/m1/s1. The number of carbonyl (C=O) groups excluding carboxylic acids is 2. The Hall–Kier alpha value is -2.02. The van der Waals surface area contributed by atoms with Crippen molar-refractivity contribution in [2.45, 2.75) is 76.8 Å². The molecule has 0 aliphatic heterocycles. The summed E-state index contributed by atoms with van der Waals surface area (Å²) in [6.07, 6.45) is 4.84. The SMILES string of the molecule is COC(=O)c1c(C)[nH]c(C(=O)[C@@H](C)Sc2nc(C)c(C)n2C2CCCC2)c1C. The minimum atomic E-state index is -0.423. The molecule has 0 saturated heterocycles. The van der Waals surface area contributed by atoms with Crippen molar-refractivity contribution in [2.24, 2.45) is 0 Å². The number of rotatable bonds is 6. The number of ether oxygens (including phenoxy) is 1. The number of hydrogen-bond donors (Lipinski definition) is 1. The molecule has 7 heteroatoms. The van der Waals surface area contributed by atoms with Crippen LogP contribution >= 0.6 is 11.8 Å². The van der Waals surface area contributed by atoms with Gasteiger partial charge in [-0.1, -0.05) is 24.6 Å². The maximum absolute atomic E-state index is 13.1. The molecule has 152 valence electrons. The zero-order chi connectivity index (χ0) is 20.6. The molecule has 1 saturated carbocycles. The summed E-state index contributed by atoms with van der Waals surface area (Å²) in [4.78, 5) is 33.0. The van der Waals surface area contributed by atoms with E-state index in [0.29, 0.717) is 28.6 Å². The summed E-state index contributed by atoms with van der Waals surface area (Å²) in [7, 11) is 1.35. The van der Waals surface area contributed by atoms with Crippen molar-refractivity contribution in [1.29, 1.82) is 0 Å². The van der Waals surface area contributed by atoms with Crippen LogP contribution in [0.2, 0.25) is 0 Å². The second-order valence-corrected chi connectivity index (χ2v) is 8.92. The summed E-state index contributed by atoms with van der Waals surface area (Å²) in [5, 5.41) is 0.598. The van der Waals surface area contributed by atoms with Gasteiger partial charge in [0.2, 0.25) is 0 Å². The van der Waals surface area contributed by atoms with E-state index in [1.54, 1.807) is 13.8 Å².